The number of anilines is 2. The number of carbonyl (C=O) groups is 3. The van der Waals surface area contributed by atoms with Crippen molar-refractivity contribution in [1.29, 1.82) is 0 Å². The van der Waals surface area contributed by atoms with E-state index in [2.05, 4.69) is 25.9 Å². The molecule has 0 unspecified atom stereocenters. The van der Waals surface area contributed by atoms with Gasteiger partial charge in [-0.05, 0) is 61.1 Å². The van der Waals surface area contributed by atoms with Crippen molar-refractivity contribution in [1.82, 2.24) is 25.0 Å². The summed E-state index contributed by atoms with van der Waals surface area (Å²) in [4.78, 5) is 69.4. The van der Waals surface area contributed by atoms with Crippen LogP contribution in [0.25, 0.3) is 5.78 Å². The van der Waals surface area contributed by atoms with Crippen LogP contribution in [0.5, 0.6) is 5.88 Å². The third kappa shape index (κ3) is 5.12. The molecule has 2 aromatic heterocycles. The molecule has 2 bridgehead atoms. The van der Waals surface area contributed by atoms with Crippen molar-refractivity contribution in [2.45, 2.75) is 51.6 Å². The van der Waals surface area contributed by atoms with Gasteiger partial charge >= 0.3 is 5.97 Å². The number of aromatic hydroxyl groups is 1. The highest BCUT2D eigenvalue weighted by Gasteiger charge is 2.52. The van der Waals surface area contributed by atoms with E-state index in [0.29, 0.717) is 45.1 Å². The number of carbonyl (C=O) groups excluding carboxylic acids is 2. The summed E-state index contributed by atoms with van der Waals surface area (Å²) in [7, 11) is 0. The third-order valence-electron chi connectivity index (χ3n) is 9.23. The molecular weight excluding hydrogens is 570 g/mol. The van der Waals surface area contributed by atoms with Crippen molar-refractivity contribution < 1.29 is 24.6 Å². The van der Waals surface area contributed by atoms with Gasteiger partial charge in [0.2, 0.25) is 11.7 Å². The molecule has 0 saturated heterocycles. The van der Waals surface area contributed by atoms with Gasteiger partial charge in [-0.2, -0.15) is 4.98 Å². The van der Waals surface area contributed by atoms with Gasteiger partial charge < -0.3 is 31.9 Å². The summed E-state index contributed by atoms with van der Waals surface area (Å²) >= 11 is 0. The van der Waals surface area contributed by atoms with Crippen molar-refractivity contribution >= 4 is 34.9 Å². The second-order valence-corrected chi connectivity index (χ2v) is 11.9. The maximum atomic E-state index is 13.4. The number of nitrogens with one attached hydrogen (secondary N) is 3. The van der Waals surface area contributed by atoms with Gasteiger partial charge in [0.1, 0.15) is 22.8 Å². The molecule has 44 heavy (non-hydrogen) atoms. The number of amides is 2. The lowest BCUT2D eigenvalue weighted by Gasteiger charge is -2.51. The van der Waals surface area contributed by atoms with E-state index in [4.69, 9.17) is 5.73 Å². The Morgan fingerprint density at radius 3 is 2.25 bits per heavy atom. The van der Waals surface area contributed by atoms with Crippen molar-refractivity contribution in [3.63, 3.8) is 0 Å². The number of nitrogen functional groups attached to an aromatic ring is 1. The van der Waals surface area contributed by atoms with E-state index >= 15 is 0 Å². The van der Waals surface area contributed by atoms with E-state index in [1.807, 2.05) is 12.1 Å². The molecule has 14 heteroatoms. The summed E-state index contributed by atoms with van der Waals surface area (Å²) in [6, 6.07) is 8.54. The zero-order valence-corrected chi connectivity index (χ0v) is 23.7. The number of aromatic nitrogens is 3. The second kappa shape index (κ2) is 10.8. The Balaban J connectivity index is 1.12. The van der Waals surface area contributed by atoms with Crippen LogP contribution < -0.4 is 32.5 Å². The molecule has 2 aromatic carbocycles. The minimum atomic E-state index is -0.742. The highest BCUT2D eigenvalue weighted by atomic mass is 16.4. The number of nitrogens with two attached hydrogens (primary N) is 1. The molecule has 2 amide bonds. The van der Waals surface area contributed by atoms with Gasteiger partial charge in [0.25, 0.3) is 22.7 Å². The van der Waals surface area contributed by atoms with Gasteiger partial charge in [-0.1, -0.05) is 24.3 Å². The van der Waals surface area contributed by atoms with Crippen LogP contribution in [0.1, 0.15) is 70.6 Å². The standard InChI is InChI=1S/C30H31N7O7/c31-21-22(24(40)23(21)39)32-12-16-2-1-3-17(10-16)13-33-25(41)18-11-19(37-14-20(38)36-28(37)35-18)26(42)34-15-29-4-7-30(8-5-29,9-6-29)27(43)44/h1-3,10-11,14,32,38H,4-9,12-13,15,31H2,(H,33,41)(H,34,42)(H,43,44). The number of imidazole rings is 1. The lowest BCUT2D eigenvalue weighted by atomic mass is 9.53. The first-order valence-electron chi connectivity index (χ1n) is 14.3. The van der Waals surface area contributed by atoms with Gasteiger partial charge in [0.05, 0.1) is 11.6 Å². The molecule has 3 aliphatic rings. The third-order valence-corrected chi connectivity index (χ3v) is 9.23. The Bertz CT molecular complexity index is 1860. The molecule has 3 saturated carbocycles. The summed E-state index contributed by atoms with van der Waals surface area (Å²) in [6.07, 6.45) is 5.15. The van der Waals surface area contributed by atoms with E-state index in [1.165, 1.54) is 16.7 Å². The molecule has 3 fully saturated rings. The lowest BCUT2D eigenvalue weighted by molar-refractivity contribution is -0.158. The van der Waals surface area contributed by atoms with Crippen LogP contribution >= 0.6 is 0 Å². The Morgan fingerprint density at radius 2 is 1.59 bits per heavy atom. The first-order chi connectivity index (χ1) is 21.0. The number of hydrogen-bond acceptors (Lipinski definition) is 10. The predicted molar refractivity (Wildman–Crippen MR) is 158 cm³/mol. The minimum Gasteiger partial charge on any atom is -0.492 e. The largest absolute Gasteiger partial charge is 0.492 e. The van der Waals surface area contributed by atoms with Gasteiger partial charge in [-0.25, -0.2) is 4.98 Å². The molecule has 3 aliphatic carbocycles. The van der Waals surface area contributed by atoms with Crippen LogP contribution in [0, 0.1) is 10.8 Å². The number of nitrogens with zero attached hydrogens (tertiary/aromatic N) is 3. The van der Waals surface area contributed by atoms with Crippen molar-refractivity contribution in [2.75, 3.05) is 17.6 Å². The highest BCUT2D eigenvalue weighted by molar-refractivity contribution is 5.98. The van der Waals surface area contributed by atoms with Gasteiger partial charge in [0, 0.05) is 19.6 Å². The predicted octanol–water partition coefficient (Wildman–Crippen LogP) is 1.31. The summed E-state index contributed by atoms with van der Waals surface area (Å²) in [6.45, 7) is 0.745. The molecule has 7 N–H and O–H groups in total. The number of benzene rings is 1. The Kier molecular flexibility index (Phi) is 7.06. The van der Waals surface area contributed by atoms with Crippen LogP contribution in [0.3, 0.4) is 0 Å². The zero-order valence-electron chi connectivity index (χ0n) is 23.7. The fourth-order valence-corrected chi connectivity index (χ4v) is 6.35. The number of fused-ring (bicyclic) bond motifs is 4. The molecule has 0 spiro atoms. The fraction of sp³-hybridized carbons (Fsp3) is 0.367. The summed E-state index contributed by atoms with van der Waals surface area (Å²) in [5.41, 5.74) is 4.94. The topological polar surface area (TPSA) is 218 Å². The SMILES string of the molecule is Nc1c(NCc2cccc(CNC(=O)c3cc(C(=O)NCC45CCC(C(=O)O)(CC4)CC5)n4cc(O)nc4n3)c2)c(=O)c1=O. The van der Waals surface area contributed by atoms with Crippen LogP contribution in [0.2, 0.25) is 0 Å². The molecule has 0 radical (unpaired) electrons. The number of carboxylic acids is 1. The van der Waals surface area contributed by atoms with Crippen LogP contribution in [-0.4, -0.2) is 48.9 Å². The maximum absolute atomic E-state index is 13.4. The van der Waals surface area contributed by atoms with E-state index in [9.17, 15) is 34.2 Å². The Hall–Kier alpha value is -5.27. The Labute approximate surface area is 250 Å². The monoisotopic (exact) mass is 601 g/mol. The smallest absolute Gasteiger partial charge is 0.309 e. The summed E-state index contributed by atoms with van der Waals surface area (Å²) < 4.78 is 1.31. The van der Waals surface area contributed by atoms with Gasteiger partial charge in [-0.15, -0.1) is 0 Å². The van der Waals surface area contributed by atoms with Crippen molar-refractivity contribution in [2.24, 2.45) is 10.8 Å². The Morgan fingerprint density at radius 1 is 0.909 bits per heavy atom. The summed E-state index contributed by atoms with van der Waals surface area (Å²) in [5.74, 6) is -2.16. The molecule has 2 heterocycles. The van der Waals surface area contributed by atoms with Gasteiger partial charge in [0.15, 0.2) is 0 Å². The lowest BCUT2D eigenvalue weighted by Crippen LogP contribution is -2.50. The molecule has 228 valence electrons. The molecule has 4 aromatic rings. The van der Waals surface area contributed by atoms with Gasteiger partial charge in [-0.3, -0.25) is 28.4 Å². The summed E-state index contributed by atoms with van der Waals surface area (Å²) in [5, 5.41) is 28.3. The first kappa shape index (κ1) is 28.8. The van der Waals surface area contributed by atoms with Crippen LogP contribution in [0.4, 0.5) is 11.4 Å². The van der Waals surface area contributed by atoms with E-state index in [0.717, 1.165) is 11.1 Å². The highest BCUT2D eigenvalue weighted by Crippen LogP contribution is 2.56. The minimum absolute atomic E-state index is 0.0225. The molecule has 0 atom stereocenters. The fourth-order valence-electron chi connectivity index (χ4n) is 6.35. The molecule has 7 rings (SSSR count). The van der Waals surface area contributed by atoms with E-state index < -0.39 is 34.1 Å². The zero-order chi connectivity index (χ0) is 31.2. The number of aliphatic carboxylic acids is 1. The second-order valence-electron chi connectivity index (χ2n) is 11.9. The van der Waals surface area contributed by atoms with Crippen molar-refractivity contribution in [3.8, 4) is 5.88 Å². The van der Waals surface area contributed by atoms with Crippen LogP contribution in [0.15, 0.2) is 46.1 Å². The number of hydrogen-bond donors (Lipinski definition) is 6. The average molecular weight is 602 g/mol. The van der Waals surface area contributed by atoms with E-state index in [-0.39, 0.29) is 52.9 Å². The number of rotatable bonds is 10. The first-order valence-corrected chi connectivity index (χ1v) is 14.3. The molecule has 14 nitrogen and oxygen atoms in total. The normalized spacial score (nSPS) is 20.9. The number of carboxylic acid groups (broad SMARTS) is 1. The maximum Gasteiger partial charge on any atom is 0.309 e. The average Bonchev–Trinajstić information content (AvgIpc) is 3.42. The van der Waals surface area contributed by atoms with Crippen LogP contribution in [-0.2, 0) is 17.9 Å². The quantitative estimate of drug-likeness (QED) is 0.142. The molecule has 0 aliphatic heterocycles. The van der Waals surface area contributed by atoms with E-state index in [1.54, 1.807) is 12.1 Å². The van der Waals surface area contributed by atoms with Crippen molar-refractivity contribution in [3.05, 3.63) is 79.5 Å². The molecular formula is C30H31N7O7.